The number of hydrogen-bond acceptors (Lipinski definition) is 5. The second kappa shape index (κ2) is 5.49. The summed E-state index contributed by atoms with van der Waals surface area (Å²) in [6.07, 6.45) is -4.71. The Hall–Kier alpha value is -1.87. The van der Waals surface area contributed by atoms with E-state index < -0.39 is 27.8 Å². The molecule has 0 aliphatic carbocycles. The molecule has 116 valence electrons. The Morgan fingerprint density at radius 1 is 1.43 bits per heavy atom. The van der Waals surface area contributed by atoms with Gasteiger partial charge in [-0.2, -0.15) is 13.2 Å². The van der Waals surface area contributed by atoms with Crippen molar-refractivity contribution in [2.45, 2.75) is 6.18 Å². The SMILES string of the molecule is O=[N+]([O-])c1ccc(NCC2(CO)COC2)c(C(F)(F)F)c1. The Bertz CT molecular complexity index is 538. The van der Waals surface area contributed by atoms with Crippen molar-refractivity contribution in [3.63, 3.8) is 0 Å². The second-order valence-electron chi connectivity index (χ2n) is 4.99. The largest absolute Gasteiger partial charge is 0.418 e. The third-order valence-electron chi connectivity index (χ3n) is 3.33. The summed E-state index contributed by atoms with van der Waals surface area (Å²) in [4.78, 5) is 9.70. The number of hydrogen-bond donors (Lipinski definition) is 2. The predicted octanol–water partition coefficient (Wildman–Crippen LogP) is 2.03. The number of alkyl halides is 3. The van der Waals surface area contributed by atoms with Gasteiger partial charge in [-0.05, 0) is 6.07 Å². The predicted molar refractivity (Wildman–Crippen MR) is 66.9 cm³/mol. The topological polar surface area (TPSA) is 84.6 Å². The van der Waals surface area contributed by atoms with Crippen LogP contribution in [0.1, 0.15) is 5.56 Å². The number of anilines is 1. The third kappa shape index (κ3) is 3.24. The minimum atomic E-state index is -4.71. The molecule has 2 N–H and O–H groups in total. The molecule has 0 aromatic heterocycles. The van der Waals surface area contributed by atoms with Crippen molar-refractivity contribution in [1.29, 1.82) is 0 Å². The number of nitro groups is 1. The number of aliphatic hydroxyl groups is 1. The first-order valence-electron chi connectivity index (χ1n) is 6.06. The fourth-order valence-electron chi connectivity index (χ4n) is 1.96. The van der Waals surface area contributed by atoms with Crippen LogP contribution in [0.3, 0.4) is 0 Å². The number of rotatable bonds is 5. The maximum atomic E-state index is 13.0. The molecule has 0 unspecified atom stereocenters. The minimum absolute atomic E-state index is 0.0877. The highest BCUT2D eigenvalue weighted by Gasteiger charge is 2.39. The lowest BCUT2D eigenvalue weighted by Gasteiger charge is -2.40. The molecular weight excluding hydrogens is 293 g/mol. The summed E-state index contributed by atoms with van der Waals surface area (Å²) in [5.41, 5.74) is -2.60. The molecule has 21 heavy (non-hydrogen) atoms. The number of nitro benzene ring substituents is 1. The van der Waals surface area contributed by atoms with E-state index in [1.807, 2.05) is 0 Å². The average molecular weight is 306 g/mol. The van der Waals surface area contributed by atoms with Gasteiger partial charge >= 0.3 is 6.18 Å². The van der Waals surface area contributed by atoms with E-state index in [-0.39, 0.29) is 32.1 Å². The van der Waals surface area contributed by atoms with E-state index in [0.717, 1.165) is 12.1 Å². The van der Waals surface area contributed by atoms with Crippen LogP contribution >= 0.6 is 0 Å². The molecule has 6 nitrogen and oxygen atoms in total. The molecule has 1 heterocycles. The van der Waals surface area contributed by atoms with E-state index in [1.165, 1.54) is 0 Å². The monoisotopic (exact) mass is 306 g/mol. The molecule has 0 saturated carbocycles. The number of non-ortho nitro benzene ring substituents is 1. The Kier molecular flexibility index (Phi) is 4.06. The minimum Gasteiger partial charge on any atom is -0.396 e. The summed E-state index contributed by atoms with van der Waals surface area (Å²) in [6, 6.07) is 2.51. The summed E-state index contributed by atoms with van der Waals surface area (Å²) < 4.78 is 43.8. The number of aliphatic hydroxyl groups excluding tert-OH is 1. The van der Waals surface area contributed by atoms with Crippen LogP contribution in [0.2, 0.25) is 0 Å². The van der Waals surface area contributed by atoms with Crippen molar-refractivity contribution in [2.24, 2.45) is 5.41 Å². The zero-order valence-corrected chi connectivity index (χ0v) is 10.8. The molecule has 2 rings (SSSR count). The van der Waals surface area contributed by atoms with Gasteiger partial charge in [0.25, 0.3) is 5.69 Å². The van der Waals surface area contributed by atoms with Crippen molar-refractivity contribution >= 4 is 11.4 Å². The van der Waals surface area contributed by atoms with E-state index in [1.54, 1.807) is 0 Å². The van der Waals surface area contributed by atoms with Gasteiger partial charge in [-0.25, -0.2) is 0 Å². The van der Waals surface area contributed by atoms with Crippen LogP contribution in [0.5, 0.6) is 0 Å². The molecule has 0 radical (unpaired) electrons. The third-order valence-corrected chi connectivity index (χ3v) is 3.33. The summed E-state index contributed by atoms with van der Waals surface area (Å²) in [6.45, 7) is 0.383. The molecule has 1 fully saturated rings. The van der Waals surface area contributed by atoms with Crippen LogP contribution in [0.15, 0.2) is 18.2 Å². The highest BCUT2D eigenvalue weighted by Crippen LogP contribution is 2.38. The van der Waals surface area contributed by atoms with E-state index in [2.05, 4.69) is 5.32 Å². The lowest BCUT2D eigenvalue weighted by Crippen LogP contribution is -2.50. The molecule has 0 spiro atoms. The molecule has 0 amide bonds. The Labute approximate surface area is 117 Å². The molecule has 9 heteroatoms. The maximum Gasteiger partial charge on any atom is 0.418 e. The van der Waals surface area contributed by atoms with E-state index in [0.29, 0.717) is 6.07 Å². The smallest absolute Gasteiger partial charge is 0.396 e. The van der Waals surface area contributed by atoms with Crippen molar-refractivity contribution in [3.8, 4) is 0 Å². The van der Waals surface area contributed by atoms with E-state index in [4.69, 9.17) is 4.74 Å². The number of nitrogens with one attached hydrogen (secondary N) is 1. The first-order valence-corrected chi connectivity index (χ1v) is 6.06. The van der Waals surface area contributed by atoms with E-state index >= 15 is 0 Å². The summed E-state index contributed by atoms with van der Waals surface area (Å²) >= 11 is 0. The van der Waals surface area contributed by atoms with Crippen molar-refractivity contribution in [3.05, 3.63) is 33.9 Å². The first kappa shape index (κ1) is 15.5. The van der Waals surface area contributed by atoms with Gasteiger partial charge in [0.1, 0.15) is 0 Å². The van der Waals surface area contributed by atoms with Gasteiger partial charge < -0.3 is 15.2 Å². The molecule has 1 aromatic rings. The molecule has 1 aliphatic heterocycles. The number of nitrogens with zero attached hydrogens (tertiary/aromatic N) is 1. The van der Waals surface area contributed by atoms with Gasteiger partial charge in [-0.1, -0.05) is 0 Å². The van der Waals surface area contributed by atoms with Crippen LogP contribution in [-0.4, -0.2) is 36.4 Å². The Morgan fingerprint density at radius 3 is 2.52 bits per heavy atom. The molecule has 0 atom stereocenters. The molecule has 1 aromatic carbocycles. The summed E-state index contributed by atoms with van der Waals surface area (Å²) in [5, 5.41) is 22.4. The van der Waals surface area contributed by atoms with Crippen LogP contribution in [0.4, 0.5) is 24.5 Å². The van der Waals surface area contributed by atoms with Crippen molar-refractivity contribution in [1.82, 2.24) is 0 Å². The lowest BCUT2D eigenvalue weighted by atomic mass is 9.87. The second-order valence-corrected chi connectivity index (χ2v) is 4.99. The van der Waals surface area contributed by atoms with Crippen LogP contribution in [0.25, 0.3) is 0 Å². The Balaban J connectivity index is 2.24. The molecule has 0 bridgehead atoms. The van der Waals surface area contributed by atoms with Gasteiger partial charge in [0.15, 0.2) is 0 Å². The first-order chi connectivity index (χ1) is 9.77. The summed E-state index contributed by atoms with van der Waals surface area (Å²) in [7, 11) is 0. The zero-order valence-electron chi connectivity index (χ0n) is 10.8. The van der Waals surface area contributed by atoms with Crippen LogP contribution in [0, 0.1) is 15.5 Å². The summed E-state index contributed by atoms with van der Waals surface area (Å²) in [5.74, 6) is 0. The quantitative estimate of drug-likeness (QED) is 0.642. The van der Waals surface area contributed by atoms with E-state index in [9.17, 15) is 28.4 Å². The highest BCUT2D eigenvalue weighted by molar-refractivity contribution is 5.57. The van der Waals surface area contributed by atoms with Crippen LogP contribution < -0.4 is 5.32 Å². The van der Waals surface area contributed by atoms with Gasteiger partial charge in [0, 0.05) is 24.4 Å². The number of halogens is 3. The molecular formula is C12H13F3N2O4. The van der Waals surface area contributed by atoms with Gasteiger partial charge in [-0.15, -0.1) is 0 Å². The normalized spacial score (nSPS) is 17.1. The maximum absolute atomic E-state index is 13.0. The fourth-order valence-corrected chi connectivity index (χ4v) is 1.96. The van der Waals surface area contributed by atoms with Gasteiger partial charge in [-0.3, -0.25) is 10.1 Å². The standard InChI is InChI=1S/C12H13F3N2O4/c13-12(14,15)9-3-8(17(19)20)1-2-10(9)16-4-11(5-18)6-21-7-11/h1-3,16,18H,4-7H2. The van der Waals surface area contributed by atoms with Crippen molar-refractivity contribution in [2.75, 3.05) is 31.7 Å². The van der Waals surface area contributed by atoms with Crippen LogP contribution in [-0.2, 0) is 10.9 Å². The Morgan fingerprint density at radius 2 is 2.10 bits per heavy atom. The number of ether oxygens (including phenoxy) is 1. The van der Waals surface area contributed by atoms with Crippen molar-refractivity contribution < 1.29 is 27.9 Å². The van der Waals surface area contributed by atoms with Gasteiger partial charge in [0.2, 0.25) is 0 Å². The fraction of sp³-hybridized carbons (Fsp3) is 0.500. The zero-order chi connectivity index (χ0) is 15.7. The highest BCUT2D eigenvalue weighted by atomic mass is 19.4. The lowest BCUT2D eigenvalue weighted by molar-refractivity contribution is -0.385. The average Bonchev–Trinajstić information content (AvgIpc) is 2.36. The number of benzene rings is 1. The van der Waals surface area contributed by atoms with Gasteiger partial charge in [0.05, 0.1) is 35.7 Å². The molecule has 1 aliphatic rings. The molecule has 1 saturated heterocycles.